The maximum atomic E-state index is 11.8. The molecule has 2 aromatic rings. The third-order valence-electron chi connectivity index (χ3n) is 2.49. The third-order valence-corrected chi connectivity index (χ3v) is 2.49. The maximum absolute atomic E-state index is 11.8. The number of para-hydroxylation sites is 2. The van der Waals surface area contributed by atoms with Crippen LogP contribution in [0.25, 0.3) is 0 Å². The van der Waals surface area contributed by atoms with Gasteiger partial charge in [-0.15, -0.1) is 0 Å². The molecule has 0 atom stereocenters. The highest BCUT2D eigenvalue weighted by atomic mass is 16.6. The number of nitro benzene ring substituents is 1. The monoisotopic (exact) mass is 291 g/mol. The summed E-state index contributed by atoms with van der Waals surface area (Å²) in [6.07, 6.45) is 1.27. The molecule has 1 N–H and O–H groups in total. The molecule has 0 saturated heterocycles. The Hall–Kier alpha value is -3.30. The van der Waals surface area contributed by atoms with Crippen molar-refractivity contribution in [2.45, 2.75) is 6.54 Å². The molecule has 2 rings (SSSR count). The highest BCUT2D eigenvalue weighted by Crippen LogP contribution is 2.23. The number of nitrogens with zero attached hydrogens (tertiary/aromatic N) is 4. The summed E-state index contributed by atoms with van der Waals surface area (Å²) in [7, 11) is 0. The summed E-state index contributed by atoms with van der Waals surface area (Å²) >= 11 is 0. The smallest absolute Gasteiger partial charge is 0.358 e. The van der Waals surface area contributed by atoms with Crippen molar-refractivity contribution in [2.75, 3.05) is 5.32 Å². The zero-order valence-electron chi connectivity index (χ0n) is 10.5. The first-order chi connectivity index (χ1) is 9.97. The van der Waals surface area contributed by atoms with E-state index in [0.29, 0.717) is 0 Å². The lowest BCUT2D eigenvalue weighted by Gasteiger charge is -2.04. The van der Waals surface area contributed by atoms with Gasteiger partial charge in [-0.25, -0.2) is 0 Å². The van der Waals surface area contributed by atoms with Crippen molar-refractivity contribution in [3.05, 3.63) is 56.8 Å². The van der Waals surface area contributed by atoms with Crippen molar-refractivity contribution in [3.63, 3.8) is 0 Å². The minimum absolute atomic E-state index is 0.0501. The summed E-state index contributed by atoms with van der Waals surface area (Å²) in [6, 6.07) is 6.82. The van der Waals surface area contributed by atoms with Crippen LogP contribution in [-0.4, -0.2) is 25.5 Å². The quantitative estimate of drug-likeness (QED) is 0.652. The van der Waals surface area contributed by atoms with Crippen molar-refractivity contribution < 1.29 is 14.6 Å². The third kappa shape index (κ3) is 3.37. The van der Waals surface area contributed by atoms with E-state index < -0.39 is 15.8 Å². The Bertz CT molecular complexity index is 711. The fraction of sp³-hybridized carbons (Fsp3) is 0.0909. The van der Waals surface area contributed by atoms with Gasteiger partial charge in [-0.3, -0.25) is 14.9 Å². The van der Waals surface area contributed by atoms with Crippen LogP contribution in [0.4, 0.5) is 17.2 Å². The Kier molecular flexibility index (Phi) is 3.88. The molecule has 0 bridgehead atoms. The van der Waals surface area contributed by atoms with Gasteiger partial charge in [0.25, 0.3) is 5.69 Å². The number of nitrogens with one attached hydrogen (secondary N) is 1. The van der Waals surface area contributed by atoms with Crippen LogP contribution in [0.2, 0.25) is 0 Å². The highest BCUT2D eigenvalue weighted by Gasteiger charge is 2.17. The Morgan fingerprint density at radius 2 is 1.90 bits per heavy atom. The average Bonchev–Trinajstić information content (AvgIpc) is 2.87. The van der Waals surface area contributed by atoms with Crippen LogP contribution in [0.1, 0.15) is 0 Å². The van der Waals surface area contributed by atoms with Crippen molar-refractivity contribution >= 4 is 23.1 Å². The minimum Gasteiger partial charge on any atom is -0.358 e. The first kappa shape index (κ1) is 14.1. The van der Waals surface area contributed by atoms with Gasteiger partial charge in [-0.2, -0.15) is 4.68 Å². The SMILES string of the molecule is O=C(Cn1ccc([N+](=O)[O-])n1)Nc1ccccc1[N+](=O)[O-]. The first-order valence-electron chi connectivity index (χ1n) is 5.68. The number of rotatable bonds is 5. The van der Waals surface area contributed by atoms with Crippen molar-refractivity contribution in [1.29, 1.82) is 0 Å². The molecule has 10 nitrogen and oxygen atoms in total. The zero-order chi connectivity index (χ0) is 15.4. The lowest BCUT2D eigenvalue weighted by Crippen LogP contribution is -2.19. The molecule has 0 radical (unpaired) electrons. The molecule has 1 aromatic carbocycles. The van der Waals surface area contributed by atoms with E-state index in [1.807, 2.05) is 0 Å². The second-order valence-corrected chi connectivity index (χ2v) is 3.95. The Balaban J connectivity index is 2.08. The Morgan fingerprint density at radius 1 is 1.19 bits per heavy atom. The van der Waals surface area contributed by atoms with Crippen molar-refractivity contribution in [3.8, 4) is 0 Å². The molecule has 0 aliphatic heterocycles. The number of hydrogen-bond acceptors (Lipinski definition) is 6. The van der Waals surface area contributed by atoms with Crippen LogP contribution in [-0.2, 0) is 11.3 Å². The second kappa shape index (κ2) is 5.77. The largest absolute Gasteiger partial charge is 0.389 e. The summed E-state index contributed by atoms with van der Waals surface area (Å²) in [4.78, 5) is 31.7. The fourth-order valence-electron chi connectivity index (χ4n) is 1.61. The summed E-state index contributed by atoms with van der Waals surface area (Å²) < 4.78 is 1.07. The molecule has 0 unspecified atom stereocenters. The molecule has 108 valence electrons. The van der Waals surface area contributed by atoms with Crippen LogP contribution in [0.3, 0.4) is 0 Å². The summed E-state index contributed by atoms with van der Waals surface area (Å²) in [5.41, 5.74) is -0.188. The molecule has 0 aliphatic rings. The van der Waals surface area contributed by atoms with E-state index in [-0.39, 0.29) is 23.7 Å². The van der Waals surface area contributed by atoms with E-state index in [0.717, 1.165) is 10.7 Å². The van der Waals surface area contributed by atoms with Gasteiger partial charge < -0.3 is 15.4 Å². The fourth-order valence-corrected chi connectivity index (χ4v) is 1.61. The average molecular weight is 291 g/mol. The molecular weight excluding hydrogens is 282 g/mol. The topological polar surface area (TPSA) is 133 Å². The molecule has 0 aliphatic carbocycles. The summed E-state index contributed by atoms with van der Waals surface area (Å²) in [5, 5.41) is 27.2. The number of hydrogen-bond donors (Lipinski definition) is 1. The van der Waals surface area contributed by atoms with E-state index in [4.69, 9.17) is 0 Å². The molecule has 10 heteroatoms. The number of nitro groups is 2. The predicted octanol–water partition coefficient (Wildman–Crippen LogP) is 1.34. The number of benzene rings is 1. The summed E-state index contributed by atoms with van der Waals surface area (Å²) in [6.45, 7) is -0.292. The minimum atomic E-state index is -0.684. The molecule has 1 heterocycles. The van der Waals surface area contributed by atoms with Crippen LogP contribution in [0, 0.1) is 20.2 Å². The van der Waals surface area contributed by atoms with Gasteiger partial charge in [0.2, 0.25) is 5.91 Å². The Labute approximate surface area is 117 Å². The van der Waals surface area contributed by atoms with E-state index in [2.05, 4.69) is 10.4 Å². The molecule has 0 saturated carbocycles. The number of aromatic nitrogens is 2. The second-order valence-electron chi connectivity index (χ2n) is 3.95. The van der Waals surface area contributed by atoms with Gasteiger partial charge in [-0.05, 0) is 11.0 Å². The molecule has 1 amide bonds. The van der Waals surface area contributed by atoms with Gasteiger partial charge >= 0.3 is 5.82 Å². The van der Waals surface area contributed by atoms with E-state index in [9.17, 15) is 25.0 Å². The van der Waals surface area contributed by atoms with Gasteiger partial charge in [0.05, 0.1) is 22.3 Å². The van der Waals surface area contributed by atoms with Crippen molar-refractivity contribution in [1.82, 2.24) is 9.78 Å². The zero-order valence-corrected chi connectivity index (χ0v) is 10.5. The normalized spacial score (nSPS) is 10.1. The molecular formula is C11H9N5O5. The molecule has 21 heavy (non-hydrogen) atoms. The van der Waals surface area contributed by atoms with E-state index >= 15 is 0 Å². The Morgan fingerprint density at radius 3 is 2.52 bits per heavy atom. The van der Waals surface area contributed by atoms with Gasteiger partial charge in [0.15, 0.2) is 0 Å². The van der Waals surface area contributed by atoms with E-state index in [1.54, 1.807) is 6.07 Å². The highest BCUT2D eigenvalue weighted by molar-refractivity contribution is 5.92. The van der Waals surface area contributed by atoms with Crippen LogP contribution < -0.4 is 5.32 Å². The number of carbonyl (C=O) groups is 1. The standard InChI is InChI=1S/C11H9N5O5/c17-11(7-14-6-5-10(13-14)16(20)21)12-8-3-1-2-4-9(8)15(18)19/h1-6H,7H2,(H,12,17). The number of anilines is 1. The first-order valence-corrected chi connectivity index (χ1v) is 5.68. The molecule has 0 spiro atoms. The molecule has 1 aromatic heterocycles. The predicted molar refractivity (Wildman–Crippen MR) is 70.6 cm³/mol. The summed E-state index contributed by atoms with van der Waals surface area (Å²) in [5.74, 6) is -0.962. The van der Waals surface area contributed by atoms with Gasteiger partial charge in [0, 0.05) is 6.07 Å². The molecule has 0 fully saturated rings. The number of amides is 1. The lowest BCUT2D eigenvalue weighted by atomic mass is 10.2. The number of carbonyl (C=O) groups excluding carboxylic acids is 1. The van der Waals surface area contributed by atoms with Gasteiger partial charge in [-0.1, -0.05) is 12.1 Å². The van der Waals surface area contributed by atoms with Gasteiger partial charge in [0.1, 0.15) is 12.2 Å². The van der Waals surface area contributed by atoms with E-state index in [1.165, 1.54) is 24.4 Å². The van der Waals surface area contributed by atoms with Crippen LogP contribution in [0.5, 0.6) is 0 Å². The lowest BCUT2D eigenvalue weighted by molar-refractivity contribution is -0.389. The van der Waals surface area contributed by atoms with Crippen LogP contribution in [0.15, 0.2) is 36.5 Å². The maximum Gasteiger partial charge on any atom is 0.389 e. The van der Waals surface area contributed by atoms with Crippen molar-refractivity contribution in [2.24, 2.45) is 0 Å². The van der Waals surface area contributed by atoms with Crippen LogP contribution >= 0.6 is 0 Å².